The highest BCUT2D eigenvalue weighted by Gasteiger charge is 2.58. The number of likely N-dealkylation sites (tertiary alicyclic amines) is 1. The molecule has 4 rings (SSSR count). The number of rotatable bonds is 10. The topological polar surface area (TPSA) is 99.2 Å². The Morgan fingerprint density at radius 1 is 1.03 bits per heavy atom. The van der Waals surface area contributed by atoms with Crippen molar-refractivity contribution >= 4 is 29.2 Å². The Labute approximate surface area is 230 Å². The molecule has 1 aliphatic heterocycles. The molecule has 1 heterocycles. The molecule has 2 amide bonds. The van der Waals surface area contributed by atoms with Crippen LogP contribution < -0.4 is 10.2 Å². The normalized spacial score (nSPS) is 24.7. The predicted octanol–water partition coefficient (Wildman–Crippen LogP) is 4.03. The second kappa shape index (κ2) is 12.5. The molecule has 6 atom stereocenters. The molecule has 0 unspecified atom stereocenters. The van der Waals surface area contributed by atoms with Crippen LogP contribution in [0.5, 0.6) is 0 Å². The van der Waals surface area contributed by atoms with Crippen LogP contribution in [0.2, 0.25) is 0 Å². The minimum Gasteiger partial charge on any atom is -0.466 e. The van der Waals surface area contributed by atoms with E-state index < -0.39 is 35.8 Å². The van der Waals surface area contributed by atoms with Crippen LogP contribution in [0, 0.1) is 23.7 Å². The van der Waals surface area contributed by atoms with E-state index in [9.17, 15) is 19.5 Å². The zero-order chi connectivity index (χ0) is 28.1. The number of aliphatic hydroxyl groups is 1. The fraction of sp³-hybridized carbons (Fsp3) is 0.452. The first kappa shape index (κ1) is 28.4. The van der Waals surface area contributed by atoms with E-state index in [0.717, 1.165) is 24.3 Å². The van der Waals surface area contributed by atoms with Crippen molar-refractivity contribution in [2.45, 2.75) is 39.8 Å². The summed E-state index contributed by atoms with van der Waals surface area (Å²) in [5.74, 6) is -3.37. The first-order valence-electron chi connectivity index (χ1n) is 13.8. The molecule has 2 aliphatic rings. The molecular weight excluding hydrogens is 494 g/mol. The molecule has 2 N–H and O–H groups in total. The third-order valence-corrected chi connectivity index (χ3v) is 7.99. The van der Waals surface area contributed by atoms with Crippen LogP contribution in [0.3, 0.4) is 0 Å². The molecule has 0 bridgehead atoms. The monoisotopic (exact) mass is 533 g/mol. The van der Waals surface area contributed by atoms with Gasteiger partial charge in [0, 0.05) is 30.4 Å². The standard InChI is InChI=1S/C31H39N3O5/c1-5-33(6-2)23-16-14-22(15-17-23)32-29(36)28-24-18-13-20(4)26(31(38)39-7-3)27(24)30(37)34(28)25(19-35)21-11-9-8-10-12-21/h8-18,20,24-28,35H,5-7,19H2,1-4H3,(H,32,36)/t20-,24+,25-,26-,27+,28+/m1/s1. The van der Waals surface area contributed by atoms with Crippen LogP contribution in [-0.4, -0.2) is 60.1 Å². The van der Waals surface area contributed by atoms with Crippen LogP contribution >= 0.6 is 0 Å². The van der Waals surface area contributed by atoms with E-state index in [4.69, 9.17) is 4.74 Å². The number of amides is 2. The number of aliphatic hydroxyl groups excluding tert-OH is 1. The Hall–Kier alpha value is -3.65. The van der Waals surface area contributed by atoms with Gasteiger partial charge in [0.05, 0.1) is 31.1 Å². The molecule has 1 saturated heterocycles. The van der Waals surface area contributed by atoms with E-state index in [-0.39, 0.29) is 30.9 Å². The molecule has 8 heteroatoms. The van der Waals surface area contributed by atoms with Crippen LogP contribution in [-0.2, 0) is 19.1 Å². The number of nitrogens with zero attached hydrogens (tertiary/aromatic N) is 2. The number of ether oxygens (including phenoxy) is 1. The van der Waals surface area contributed by atoms with Gasteiger partial charge in [0.1, 0.15) is 6.04 Å². The highest BCUT2D eigenvalue weighted by molar-refractivity contribution is 6.02. The van der Waals surface area contributed by atoms with Crippen molar-refractivity contribution in [3.8, 4) is 0 Å². The smallest absolute Gasteiger partial charge is 0.310 e. The zero-order valence-electron chi connectivity index (χ0n) is 23.1. The lowest BCUT2D eigenvalue weighted by molar-refractivity contribution is -0.155. The largest absolute Gasteiger partial charge is 0.466 e. The van der Waals surface area contributed by atoms with Gasteiger partial charge in [0.25, 0.3) is 0 Å². The maximum Gasteiger partial charge on any atom is 0.310 e. The van der Waals surface area contributed by atoms with Crippen LogP contribution in [0.4, 0.5) is 11.4 Å². The number of fused-ring (bicyclic) bond motifs is 1. The highest BCUT2D eigenvalue weighted by Crippen LogP contribution is 2.47. The van der Waals surface area contributed by atoms with E-state index >= 15 is 0 Å². The van der Waals surface area contributed by atoms with Crippen molar-refractivity contribution in [2.24, 2.45) is 23.7 Å². The lowest BCUT2D eigenvalue weighted by atomic mass is 9.70. The molecule has 1 aliphatic carbocycles. The number of anilines is 2. The third kappa shape index (κ3) is 5.57. The Kier molecular flexibility index (Phi) is 9.07. The summed E-state index contributed by atoms with van der Waals surface area (Å²) < 4.78 is 5.36. The Balaban J connectivity index is 1.71. The van der Waals surface area contributed by atoms with E-state index in [1.165, 1.54) is 4.90 Å². The molecule has 2 aromatic carbocycles. The van der Waals surface area contributed by atoms with Crippen molar-refractivity contribution in [3.05, 3.63) is 72.3 Å². The minimum atomic E-state index is -0.914. The fourth-order valence-corrected chi connectivity index (χ4v) is 6.06. The molecule has 2 aromatic rings. The van der Waals surface area contributed by atoms with Crippen LogP contribution in [0.1, 0.15) is 39.3 Å². The summed E-state index contributed by atoms with van der Waals surface area (Å²) in [7, 11) is 0. The number of carbonyl (C=O) groups is 3. The summed E-state index contributed by atoms with van der Waals surface area (Å²) in [4.78, 5) is 44.8. The molecule has 39 heavy (non-hydrogen) atoms. The number of esters is 1. The highest BCUT2D eigenvalue weighted by atomic mass is 16.5. The predicted molar refractivity (Wildman–Crippen MR) is 151 cm³/mol. The van der Waals surface area contributed by atoms with Crippen molar-refractivity contribution in [2.75, 3.05) is 36.5 Å². The zero-order valence-corrected chi connectivity index (χ0v) is 23.1. The lowest BCUT2D eigenvalue weighted by Crippen LogP contribution is -2.46. The van der Waals surface area contributed by atoms with E-state index in [1.54, 1.807) is 6.92 Å². The quantitative estimate of drug-likeness (QED) is 0.353. The van der Waals surface area contributed by atoms with Crippen molar-refractivity contribution in [1.82, 2.24) is 4.90 Å². The van der Waals surface area contributed by atoms with Gasteiger partial charge in [-0.15, -0.1) is 0 Å². The van der Waals surface area contributed by atoms with Gasteiger partial charge < -0.3 is 25.0 Å². The van der Waals surface area contributed by atoms with Gasteiger partial charge >= 0.3 is 5.97 Å². The summed E-state index contributed by atoms with van der Waals surface area (Å²) in [6.45, 7) is 9.40. The van der Waals surface area contributed by atoms with E-state index in [0.29, 0.717) is 5.69 Å². The number of hydrogen-bond acceptors (Lipinski definition) is 6. The Bertz CT molecular complexity index is 1180. The molecule has 0 saturated carbocycles. The van der Waals surface area contributed by atoms with E-state index in [2.05, 4.69) is 24.1 Å². The molecule has 8 nitrogen and oxygen atoms in total. The van der Waals surface area contributed by atoms with Gasteiger partial charge in [-0.05, 0) is 56.5 Å². The van der Waals surface area contributed by atoms with E-state index in [1.807, 2.05) is 73.7 Å². The number of nitrogens with one attached hydrogen (secondary N) is 1. The number of benzene rings is 2. The van der Waals surface area contributed by atoms with Gasteiger partial charge in [0.2, 0.25) is 11.8 Å². The van der Waals surface area contributed by atoms with Crippen molar-refractivity contribution < 1.29 is 24.2 Å². The molecule has 208 valence electrons. The van der Waals surface area contributed by atoms with Crippen molar-refractivity contribution in [3.63, 3.8) is 0 Å². The first-order valence-corrected chi connectivity index (χ1v) is 13.8. The number of allylic oxidation sites excluding steroid dienone is 1. The molecular formula is C31H39N3O5. The maximum absolute atomic E-state index is 14.1. The minimum absolute atomic E-state index is 0.206. The summed E-state index contributed by atoms with van der Waals surface area (Å²) in [6.07, 6.45) is 3.78. The second-order valence-electron chi connectivity index (χ2n) is 10.1. The van der Waals surface area contributed by atoms with Crippen molar-refractivity contribution in [1.29, 1.82) is 0 Å². The first-order chi connectivity index (χ1) is 18.9. The van der Waals surface area contributed by atoms with Gasteiger partial charge in [-0.3, -0.25) is 14.4 Å². The second-order valence-corrected chi connectivity index (χ2v) is 10.1. The third-order valence-electron chi connectivity index (χ3n) is 7.99. The molecule has 0 aromatic heterocycles. The molecule has 1 fully saturated rings. The average molecular weight is 534 g/mol. The number of carbonyl (C=O) groups excluding carboxylic acids is 3. The SMILES string of the molecule is CCOC(=O)[C@H]1[C@H]2C(=O)N([C@H](CO)c3ccccc3)[C@H](C(=O)Nc3ccc(N(CC)CC)cc3)[C@H]2C=C[C@H]1C. The van der Waals surface area contributed by atoms with Crippen LogP contribution in [0.25, 0.3) is 0 Å². The molecule has 0 radical (unpaired) electrons. The molecule has 0 spiro atoms. The van der Waals surface area contributed by atoms with Gasteiger partial charge in [-0.2, -0.15) is 0 Å². The maximum atomic E-state index is 14.1. The Morgan fingerprint density at radius 2 is 1.69 bits per heavy atom. The number of hydrogen-bond donors (Lipinski definition) is 2. The fourth-order valence-electron chi connectivity index (χ4n) is 6.06. The average Bonchev–Trinajstić information content (AvgIpc) is 3.23. The van der Waals surface area contributed by atoms with Gasteiger partial charge in [-0.25, -0.2) is 0 Å². The summed E-state index contributed by atoms with van der Waals surface area (Å²) in [5.41, 5.74) is 2.39. The summed E-state index contributed by atoms with van der Waals surface area (Å²) in [6, 6.07) is 15.2. The van der Waals surface area contributed by atoms with Crippen LogP contribution in [0.15, 0.2) is 66.7 Å². The van der Waals surface area contributed by atoms with Gasteiger partial charge in [-0.1, -0.05) is 49.4 Å². The Morgan fingerprint density at radius 3 is 2.28 bits per heavy atom. The lowest BCUT2D eigenvalue weighted by Gasteiger charge is -2.33. The summed E-state index contributed by atoms with van der Waals surface area (Å²) in [5, 5.41) is 13.5. The summed E-state index contributed by atoms with van der Waals surface area (Å²) >= 11 is 0. The van der Waals surface area contributed by atoms with Gasteiger partial charge in [0.15, 0.2) is 0 Å².